The third kappa shape index (κ3) is 5.58. The zero-order valence-corrected chi connectivity index (χ0v) is 37.6. The fourth-order valence-corrected chi connectivity index (χ4v) is 12.5. The van der Waals surface area contributed by atoms with Crippen molar-refractivity contribution in [3.8, 4) is 16.8 Å². The van der Waals surface area contributed by atoms with E-state index in [4.69, 9.17) is 9.41 Å². The van der Waals surface area contributed by atoms with Gasteiger partial charge in [0.2, 0.25) is 5.96 Å². The van der Waals surface area contributed by atoms with Crippen LogP contribution < -0.4 is 5.32 Å². The molecule has 1 unspecified atom stereocenters. The van der Waals surface area contributed by atoms with Gasteiger partial charge in [-0.1, -0.05) is 158 Å². The van der Waals surface area contributed by atoms with Crippen molar-refractivity contribution in [2.75, 3.05) is 0 Å². The van der Waals surface area contributed by atoms with E-state index in [2.05, 4.69) is 209 Å². The van der Waals surface area contributed by atoms with Crippen molar-refractivity contribution in [2.24, 2.45) is 4.99 Å². The lowest BCUT2D eigenvalue weighted by Crippen LogP contribution is -2.42. The maximum atomic E-state index is 6.27. The molecule has 5 nitrogen and oxygen atoms in total. The SMILES string of the molecule is C1=CC(c2cc3c(s2)C2=C(c4ccccc4)N=C(n4c5cc(-c6ccc7c8ccccc8n(-c8ccc9oc%10ccccc%10c9c8)c7c6)ccc5c5ccc6ccccc6c54)NC2C=C3)=CCC1. The molecule has 0 saturated carbocycles. The number of thiophene rings is 1. The number of aliphatic imine (C=N–C) groups is 1. The van der Waals surface area contributed by atoms with Crippen LogP contribution in [-0.2, 0) is 0 Å². The van der Waals surface area contributed by atoms with Crippen LogP contribution in [-0.4, -0.2) is 21.1 Å². The predicted molar refractivity (Wildman–Crippen MR) is 287 cm³/mol. The summed E-state index contributed by atoms with van der Waals surface area (Å²) in [4.78, 5) is 8.32. The van der Waals surface area contributed by atoms with Gasteiger partial charge in [-0.15, -0.1) is 11.3 Å². The number of nitrogens with zero attached hydrogens (tertiary/aromatic N) is 3. The molecule has 15 rings (SSSR count). The number of furan rings is 1. The van der Waals surface area contributed by atoms with Gasteiger partial charge in [-0.05, 0) is 89.0 Å². The quantitative estimate of drug-likeness (QED) is 0.191. The summed E-state index contributed by atoms with van der Waals surface area (Å²) in [6, 6.07) is 63.9. The van der Waals surface area contributed by atoms with Crippen molar-refractivity contribution in [3.63, 3.8) is 0 Å². The molecule has 320 valence electrons. The number of hydrogen-bond donors (Lipinski definition) is 1. The molecule has 0 radical (unpaired) electrons. The third-order valence-electron chi connectivity index (χ3n) is 14.4. The Morgan fingerprint density at radius 1 is 0.544 bits per heavy atom. The van der Waals surface area contributed by atoms with Crippen LogP contribution in [0.4, 0.5) is 0 Å². The minimum atomic E-state index is -0.0816. The number of benzene rings is 8. The smallest absolute Gasteiger partial charge is 0.209 e. The molecule has 4 aromatic heterocycles. The average Bonchev–Trinajstić information content (AvgIpc) is 4.18. The van der Waals surface area contributed by atoms with E-state index in [0.717, 1.165) is 85.4 Å². The topological polar surface area (TPSA) is 47.4 Å². The summed E-state index contributed by atoms with van der Waals surface area (Å²) < 4.78 is 11.1. The van der Waals surface area contributed by atoms with Crippen molar-refractivity contribution in [1.82, 2.24) is 14.5 Å². The van der Waals surface area contributed by atoms with Crippen LogP contribution in [0.5, 0.6) is 0 Å². The van der Waals surface area contributed by atoms with E-state index in [1.54, 1.807) is 0 Å². The minimum absolute atomic E-state index is 0.0816. The van der Waals surface area contributed by atoms with E-state index in [1.165, 1.54) is 64.3 Å². The Hall–Kier alpha value is -8.45. The first-order chi connectivity index (χ1) is 33.7. The van der Waals surface area contributed by atoms with Crippen LogP contribution in [0, 0.1) is 0 Å². The molecule has 0 spiro atoms. The zero-order valence-electron chi connectivity index (χ0n) is 36.8. The number of fused-ring (bicyclic) bond motifs is 14. The molecule has 8 aromatic carbocycles. The van der Waals surface area contributed by atoms with E-state index in [9.17, 15) is 0 Å². The Balaban J connectivity index is 0.952. The molecule has 1 atom stereocenters. The first kappa shape index (κ1) is 37.7. The predicted octanol–water partition coefficient (Wildman–Crippen LogP) is 16.2. The van der Waals surface area contributed by atoms with Gasteiger partial charge in [0.15, 0.2) is 0 Å². The van der Waals surface area contributed by atoms with Gasteiger partial charge in [0.25, 0.3) is 0 Å². The lowest BCUT2D eigenvalue weighted by molar-refractivity contribution is 0.669. The van der Waals surface area contributed by atoms with Gasteiger partial charge in [-0.3, -0.25) is 4.57 Å². The number of hydrogen-bond acceptors (Lipinski definition) is 4. The molecule has 5 heterocycles. The van der Waals surface area contributed by atoms with Gasteiger partial charge in [-0.25, -0.2) is 4.99 Å². The number of para-hydroxylation sites is 2. The standard InChI is InChI=1S/C62H40N4OS/c1-3-14-38(15-4-1)57-35-42-26-31-51-58(61(42)68-57)59(39-16-5-2-6-17-39)64-62(63-51)66-54-34-41(25-29-47(54)49-30-23-37-13-7-8-18-44(37)60(49)66)40-24-28-46-45-19-9-11-21-52(45)65(53(46)33-40)43-27-32-56-50(36-43)48-20-10-12-22-55(48)67-56/h2-3,5-36,51H,1,4H2,(H,63,64). The Bertz CT molecular complexity index is 4300. The van der Waals surface area contributed by atoms with Crippen molar-refractivity contribution in [2.45, 2.75) is 18.9 Å². The summed E-state index contributed by atoms with van der Waals surface area (Å²) >= 11 is 1.88. The monoisotopic (exact) mass is 888 g/mol. The van der Waals surface area contributed by atoms with Gasteiger partial charge in [0.05, 0.1) is 33.8 Å². The molecular weight excluding hydrogens is 849 g/mol. The molecule has 2 aliphatic carbocycles. The number of allylic oxidation sites excluding steroid dienone is 4. The molecule has 12 aromatic rings. The van der Waals surface area contributed by atoms with Gasteiger partial charge < -0.3 is 14.3 Å². The number of aromatic nitrogens is 2. The fourth-order valence-electron chi connectivity index (χ4n) is 11.2. The molecular formula is C62H40N4OS. The first-order valence-corrected chi connectivity index (χ1v) is 24.3. The second-order valence-electron chi connectivity index (χ2n) is 18.2. The normalized spacial score (nSPS) is 15.8. The Labute approximate surface area is 395 Å². The van der Waals surface area contributed by atoms with E-state index in [1.807, 2.05) is 23.5 Å². The van der Waals surface area contributed by atoms with E-state index in [0.29, 0.717) is 0 Å². The van der Waals surface area contributed by atoms with Crippen molar-refractivity contribution < 1.29 is 4.42 Å². The summed E-state index contributed by atoms with van der Waals surface area (Å²) in [5, 5.41) is 13.5. The number of rotatable bonds is 4. The molecule has 68 heavy (non-hydrogen) atoms. The Kier molecular flexibility index (Phi) is 8.06. The van der Waals surface area contributed by atoms with Crippen molar-refractivity contribution >= 4 is 117 Å². The molecule has 1 N–H and O–H groups in total. The Morgan fingerprint density at radius 3 is 2.12 bits per heavy atom. The number of nitrogens with one attached hydrogen (secondary N) is 1. The molecule has 0 fully saturated rings. The van der Waals surface area contributed by atoms with Gasteiger partial charge in [0.1, 0.15) is 11.2 Å². The lowest BCUT2D eigenvalue weighted by atomic mass is 9.91. The largest absolute Gasteiger partial charge is 0.456 e. The molecule has 6 heteroatoms. The van der Waals surface area contributed by atoms with E-state index >= 15 is 0 Å². The molecule has 1 aliphatic heterocycles. The highest BCUT2D eigenvalue weighted by Gasteiger charge is 2.33. The van der Waals surface area contributed by atoms with Gasteiger partial charge >= 0.3 is 0 Å². The zero-order chi connectivity index (χ0) is 44.5. The summed E-state index contributed by atoms with van der Waals surface area (Å²) in [6.07, 6.45) is 13.8. The molecule has 0 saturated heterocycles. The third-order valence-corrected chi connectivity index (χ3v) is 15.6. The summed E-state index contributed by atoms with van der Waals surface area (Å²) in [5.41, 5.74) is 15.6. The molecule has 3 aliphatic rings. The van der Waals surface area contributed by atoms with Crippen LogP contribution in [0.1, 0.15) is 33.7 Å². The minimum Gasteiger partial charge on any atom is -0.456 e. The van der Waals surface area contributed by atoms with Crippen molar-refractivity contribution in [3.05, 3.63) is 221 Å². The summed E-state index contributed by atoms with van der Waals surface area (Å²) in [5.74, 6) is 0.812. The van der Waals surface area contributed by atoms with Crippen LogP contribution in [0.25, 0.3) is 116 Å². The van der Waals surface area contributed by atoms with E-state index < -0.39 is 0 Å². The van der Waals surface area contributed by atoms with Crippen LogP contribution in [0.2, 0.25) is 0 Å². The highest BCUT2D eigenvalue weighted by molar-refractivity contribution is 7.14. The summed E-state index contributed by atoms with van der Waals surface area (Å²) in [7, 11) is 0. The highest BCUT2D eigenvalue weighted by Crippen LogP contribution is 2.46. The average molecular weight is 889 g/mol. The fraction of sp³-hybridized carbons (Fsp3) is 0.0484. The molecule has 0 bridgehead atoms. The van der Waals surface area contributed by atoms with Gasteiger partial charge in [-0.2, -0.15) is 0 Å². The van der Waals surface area contributed by atoms with Crippen LogP contribution >= 0.6 is 11.3 Å². The van der Waals surface area contributed by atoms with Crippen molar-refractivity contribution in [1.29, 1.82) is 0 Å². The van der Waals surface area contributed by atoms with Crippen LogP contribution in [0.15, 0.2) is 210 Å². The second kappa shape index (κ2) is 14.5. The Morgan fingerprint density at radius 2 is 1.26 bits per heavy atom. The second-order valence-corrected chi connectivity index (χ2v) is 19.2. The maximum Gasteiger partial charge on any atom is 0.209 e. The molecule has 0 amide bonds. The summed E-state index contributed by atoms with van der Waals surface area (Å²) in [6.45, 7) is 0. The first-order valence-electron chi connectivity index (χ1n) is 23.5. The van der Waals surface area contributed by atoms with E-state index in [-0.39, 0.29) is 6.04 Å². The maximum absolute atomic E-state index is 6.27. The highest BCUT2D eigenvalue weighted by atomic mass is 32.1. The lowest BCUT2D eigenvalue weighted by Gasteiger charge is -2.31. The van der Waals surface area contributed by atoms with Gasteiger partial charge in [0, 0.05) is 64.3 Å². The van der Waals surface area contributed by atoms with Crippen LogP contribution in [0.3, 0.4) is 0 Å².